The van der Waals surface area contributed by atoms with Gasteiger partial charge in [-0.1, -0.05) is 12.8 Å². The summed E-state index contributed by atoms with van der Waals surface area (Å²) in [6.45, 7) is 3.76. The second kappa shape index (κ2) is 6.53. The van der Waals surface area contributed by atoms with Crippen molar-refractivity contribution in [1.82, 2.24) is 5.32 Å². The summed E-state index contributed by atoms with van der Waals surface area (Å²) in [5.41, 5.74) is 6.69. The Morgan fingerprint density at radius 2 is 1.90 bits per heavy atom. The van der Waals surface area contributed by atoms with Gasteiger partial charge in [-0.25, -0.2) is 0 Å². The minimum atomic E-state index is -0.496. The van der Waals surface area contributed by atoms with E-state index in [4.69, 9.17) is 18.0 Å². The molecule has 0 bridgehead atoms. The summed E-state index contributed by atoms with van der Waals surface area (Å²) in [4.78, 5) is 24.5. The Hall–Kier alpha value is -1.47. The third-order valence-electron chi connectivity index (χ3n) is 3.82. The van der Waals surface area contributed by atoms with E-state index in [2.05, 4.69) is 10.6 Å². The summed E-state index contributed by atoms with van der Waals surface area (Å²) >= 11 is 6.56. The molecule has 21 heavy (non-hydrogen) atoms. The van der Waals surface area contributed by atoms with Gasteiger partial charge in [-0.05, 0) is 44.5 Å². The van der Waals surface area contributed by atoms with Crippen LogP contribution in [0.15, 0.2) is 0 Å². The second-order valence-electron chi connectivity index (χ2n) is 5.28. The second-order valence-corrected chi connectivity index (χ2v) is 6.91. The molecule has 2 amide bonds. The number of nitrogens with one attached hydrogen (secondary N) is 2. The monoisotopic (exact) mass is 325 g/mol. The van der Waals surface area contributed by atoms with Crippen LogP contribution in [0.1, 0.15) is 46.5 Å². The molecule has 0 spiro atoms. The van der Waals surface area contributed by atoms with Gasteiger partial charge in [0.05, 0.1) is 5.56 Å². The lowest BCUT2D eigenvalue weighted by atomic mass is 10.1. The van der Waals surface area contributed by atoms with Gasteiger partial charge in [0.15, 0.2) is 5.11 Å². The zero-order valence-corrected chi connectivity index (χ0v) is 13.7. The third-order valence-corrected chi connectivity index (χ3v) is 5.15. The molecule has 1 aliphatic rings. The van der Waals surface area contributed by atoms with Crippen LogP contribution in [0, 0.1) is 19.8 Å². The Morgan fingerprint density at radius 1 is 1.29 bits per heavy atom. The maximum absolute atomic E-state index is 12.0. The number of carbonyl (C=O) groups excluding carboxylic acids is 2. The molecule has 0 unspecified atom stereocenters. The predicted molar refractivity (Wildman–Crippen MR) is 88.6 cm³/mol. The van der Waals surface area contributed by atoms with Gasteiger partial charge in [0.2, 0.25) is 5.91 Å². The van der Waals surface area contributed by atoms with E-state index in [1.165, 1.54) is 11.3 Å². The Kier molecular flexibility index (Phi) is 4.95. The predicted octanol–water partition coefficient (Wildman–Crippen LogP) is 2.47. The molecule has 0 saturated heterocycles. The fourth-order valence-electron chi connectivity index (χ4n) is 2.55. The molecule has 1 heterocycles. The minimum absolute atomic E-state index is 0.0457. The lowest BCUT2D eigenvalue weighted by Crippen LogP contribution is -2.37. The van der Waals surface area contributed by atoms with Crippen molar-refractivity contribution in [3.63, 3.8) is 0 Å². The summed E-state index contributed by atoms with van der Waals surface area (Å²) in [6, 6.07) is 0. The number of amides is 2. The highest BCUT2D eigenvalue weighted by molar-refractivity contribution is 7.80. The summed E-state index contributed by atoms with van der Waals surface area (Å²) in [5.74, 6) is -0.493. The Morgan fingerprint density at radius 3 is 2.48 bits per heavy atom. The molecule has 1 saturated carbocycles. The van der Waals surface area contributed by atoms with Gasteiger partial charge in [0.25, 0.3) is 5.91 Å². The Labute approximate surface area is 133 Å². The Balaban J connectivity index is 2.04. The summed E-state index contributed by atoms with van der Waals surface area (Å²) < 4.78 is 0. The maximum Gasteiger partial charge on any atom is 0.251 e. The number of thiocarbonyl (C=S) groups is 1. The molecule has 4 N–H and O–H groups in total. The van der Waals surface area contributed by atoms with Crippen LogP contribution in [-0.4, -0.2) is 16.9 Å². The molecule has 1 fully saturated rings. The van der Waals surface area contributed by atoms with Crippen LogP contribution in [0.25, 0.3) is 0 Å². The SMILES string of the molecule is Cc1sc(NC(=S)NC(=O)C2CCCC2)c(C(N)=O)c1C. The molecule has 0 radical (unpaired) electrons. The van der Waals surface area contributed by atoms with Crippen molar-refractivity contribution in [2.24, 2.45) is 11.7 Å². The van der Waals surface area contributed by atoms with Gasteiger partial charge in [-0.2, -0.15) is 0 Å². The summed E-state index contributed by atoms with van der Waals surface area (Å²) in [5, 5.41) is 6.44. The van der Waals surface area contributed by atoms with Gasteiger partial charge >= 0.3 is 0 Å². The summed E-state index contributed by atoms with van der Waals surface area (Å²) in [7, 11) is 0. The van der Waals surface area contributed by atoms with Crippen LogP contribution in [0.5, 0.6) is 0 Å². The standard InChI is InChI=1S/C14H19N3O2S2/c1-7-8(2)21-13(10(7)11(15)18)17-14(20)16-12(19)9-5-3-4-6-9/h9H,3-6H2,1-2H3,(H2,15,18)(H2,16,17,19,20). The number of hydrogen-bond acceptors (Lipinski definition) is 4. The number of rotatable bonds is 3. The molecule has 0 aliphatic heterocycles. The van der Waals surface area contributed by atoms with Crippen LogP contribution in [0.4, 0.5) is 5.00 Å². The van der Waals surface area contributed by atoms with Crippen LogP contribution in [0.2, 0.25) is 0 Å². The first kappa shape index (κ1) is 15.9. The van der Waals surface area contributed by atoms with Gasteiger partial charge in [-0.3, -0.25) is 9.59 Å². The normalized spacial score (nSPS) is 15.0. The first-order chi connectivity index (χ1) is 9.90. The van der Waals surface area contributed by atoms with E-state index < -0.39 is 5.91 Å². The zero-order valence-electron chi connectivity index (χ0n) is 12.1. The number of thiophene rings is 1. The quantitative estimate of drug-likeness (QED) is 0.745. The molecule has 1 aromatic rings. The van der Waals surface area contributed by atoms with Crippen molar-refractivity contribution in [3.05, 3.63) is 16.0 Å². The molecule has 114 valence electrons. The molecule has 0 atom stereocenters. The fourth-order valence-corrected chi connectivity index (χ4v) is 3.89. The first-order valence-corrected chi connectivity index (χ1v) is 8.14. The van der Waals surface area contributed by atoms with Gasteiger partial charge < -0.3 is 16.4 Å². The zero-order chi connectivity index (χ0) is 15.6. The topological polar surface area (TPSA) is 84.2 Å². The molecule has 1 aliphatic carbocycles. The molecule has 1 aromatic heterocycles. The van der Waals surface area contributed by atoms with Crippen LogP contribution < -0.4 is 16.4 Å². The molecular formula is C14H19N3O2S2. The van der Waals surface area contributed by atoms with E-state index in [9.17, 15) is 9.59 Å². The fraction of sp³-hybridized carbons (Fsp3) is 0.500. The van der Waals surface area contributed by atoms with Gasteiger partial charge in [0.1, 0.15) is 5.00 Å². The maximum atomic E-state index is 12.0. The summed E-state index contributed by atoms with van der Waals surface area (Å²) in [6.07, 6.45) is 4.01. The smallest absolute Gasteiger partial charge is 0.251 e. The lowest BCUT2D eigenvalue weighted by Gasteiger charge is -2.12. The average Bonchev–Trinajstić information content (AvgIpc) is 2.99. The molecule has 7 heteroatoms. The number of hydrogen-bond donors (Lipinski definition) is 3. The molecule has 2 rings (SSSR count). The number of carbonyl (C=O) groups is 2. The van der Waals surface area contributed by atoms with Crippen molar-refractivity contribution in [3.8, 4) is 0 Å². The van der Waals surface area contributed by atoms with Crippen LogP contribution in [-0.2, 0) is 4.79 Å². The number of primary amides is 1. The first-order valence-electron chi connectivity index (χ1n) is 6.91. The highest BCUT2D eigenvalue weighted by atomic mass is 32.1. The van der Waals surface area contributed by atoms with Gasteiger partial charge in [0, 0.05) is 10.8 Å². The number of aryl methyl sites for hydroxylation is 1. The van der Waals surface area contributed by atoms with E-state index in [1.54, 1.807) is 0 Å². The number of anilines is 1. The third kappa shape index (κ3) is 3.59. The van der Waals surface area contributed by atoms with E-state index in [0.29, 0.717) is 10.6 Å². The molecule has 5 nitrogen and oxygen atoms in total. The van der Waals surface area contributed by atoms with Crippen molar-refractivity contribution >= 4 is 45.5 Å². The molecule has 0 aromatic carbocycles. The largest absolute Gasteiger partial charge is 0.365 e. The van der Waals surface area contributed by atoms with Crippen molar-refractivity contribution in [1.29, 1.82) is 0 Å². The van der Waals surface area contributed by atoms with Crippen molar-refractivity contribution in [2.75, 3.05) is 5.32 Å². The van der Waals surface area contributed by atoms with Crippen LogP contribution >= 0.6 is 23.6 Å². The molecular weight excluding hydrogens is 306 g/mol. The van der Waals surface area contributed by atoms with E-state index in [-0.39, 0.29) is 16.9 Å². The van der Waals surface area contributed by atoms with Crippen molar-refractivity contribution in [2.45, 2.75) is 39.5 Å². The van der Waals surface area contributed by atoms with Crippen molar-refractivity contribution < 1.29 is 9.59 Å². The Bertz CT molecular complexity index is 589. The minimum Gasteiger partial charge on any atom is -0.365 e. The lowest BCUT2D eigenvalue weighted by molar-refractivity contribution is -0.123. The van der Waals surface area contributed by atoms with Gasteiger partial charge in [-0.15, -0.1) is 11.3 Å². The highest BCUT2D eigenvalue weighted by Gasteiger charge is 2.24. The number of nitrogens with two attached hydrogens (primary N) is 1. The van der Waals surface area contributed by atoms with Crippen LogP contribution in [0.3, 0.4) is 0 Å². The highest BCUT2D eigenvalue weighted by Crippen LogP contribution is 2.32. The van der Waals surface area contributed by atoms with E-state index in [0.717, 1.165) is 36.1 Å². The average molecular weight is 325 g/mol. The van der Waals surface area contributed by atoms with E-state index in [1.807, 2.05) is 13.8 Å². The van der Waals surface area contributed by atoms with E-state index >= 15 is 0 Å².